The monoisotopic (exact) mass is 428 g/mol. The number of benzene rings is 2. The van der Waals surface area contributed by atoms with E-state index in [0.29, 0.717) is 12.5 Å². The summed E-state index contributed by atoms with van der Waals surface area (Å²) in [7, 11) is 0. The van der Waals surface area contributed by atoms with Crippen LogP contribution in [0.5, 0.6) is 5.75 Å². The molecule has 1 atom stereocenters. The Morgan fingerprint density at radius 3 is 2.72 bits per heavy atom. The number of nitrogens with zero attached hydrogens (tertiary/aromatic N) is 2. The standard InChI is InChI=1S/C27H28N2O3/c28-16-21-12-18(6-11-25(21)19-4-2-1-3-5-19)17-32-24-10-7-20-13-22-8-9-23(14-27(30)31)29(22)26(20)15-24/h6-7,10-13,15,19,23H,1-5,8-9,14,17H2,(H,30,31). The molecule has 1 unspecified atom stereocenters. The molecule has 1 fully saturated rings. The molecular weight excluding hydrogens is 400 g/mol. The Bertz CT molecular complexity index is 1200. The van der Waals surface area contributed by atoms with Crippen molar-refractivity contribution in [1.29, 1.82) is 5.26 Å². The maximum absolute atomic E-state index is 11.3. The number of aromatic nitrogens is 1. The molecule has 5 heteroatoms. The lowest BCUT2D eigenvalue weighted by atomic mass is 9.82. The van der Waals surface area contributed by atoms with Crippen molar-refractivity contribution >= 4 is 16.9 Å². The fourth-order valence-electron chi connectivity index (χ4n) is 5.54. The van der Waals surface area contributed by atoms with Gasteiger partial charge in [-0.15, -0.1) is 0 Å². The van der Waals surface area contributed by atoms with Gasteiger partial charge >= 0.3 is 5.97 Å². The molecule has 164 valence electrons. The molecule has 1 aliphatic carbocycles. The van der Waals surface area contributed by atoms with Gasteiger partial charge in [-0.25, -0.2) is 0 Å². The van der Waals surface area contributed by atoms with E-state index in [1.807, 2.05) is 24.3 Å². The maximum atomic E-state index is 11.3. The maximum Gasteiger partial charge on any atom is 0.305 e. The topological polar surface area (TPSA) is 75.2 Å². The Morgan fingerprint density at radius 2 is 1.94 bits per heavy atom. The number of fused-ring (bicyclic) bond motifs is 3. The van der Waals surface area contributed by atoms with Gasteiger partial charge in [-0.3, -0.25) is 4.79 Å². The first-order chi connectivity index (χ1) is 15.6. The van der Waals surface area contributed by atoms with Crippen LogP contribution in [0, 0.1) is 11.3 Å². The number of aryl methyl sites for hydroxylation is 1. The molecule has 5 rings (SSSR count). The molecule has 1 aliphatic heterocycles. The number of carboxylic acids is 1. The van der Waals surface area contributed by atoms with E-state index < -0.39 is 5.97 Å². The van der Waals surface area contributed by atoms with Crippen LogP contribution in [0.15, 0.2) is 42.5 Å². The lowest BCUT2D eigenvalue weighted by Gasteiger charge is -2.23. The molecule has 1 saturated carbocycles. The van der Waals surface area contributed by atoms with Crippen LogP contribution in [0.4, 0.5) is 0 Å². The second kappa shape index (κ2) is 8.70. The van der Waals surface area contributed by atoms with Gasteiger partial charge in [-0.1, -0.05) is 31.4 Å². The summed E-state index contributed by atoms with van der Waals surface area (Å²) < 4.78 is 8.26. The highest BCUT2D eigenvalue weighted by atomic mass is 16.5. The third-order valence-electron chi connectivity index (χ3n) is 7.09. The summed E-state index contributed by atoms with van der Waals surface area (Å²) in [5.41, 5.74) is 5.18. The molecule has 2 heterocycles. The van der Waals surface area contributed by atoms with E-state index in [1.165, 1.54) is 43.4 Å². The summed E-state index contributed by atoms with van der Waals surface area (Å²) in [4.78, 5) is 11.3. The highest BCUT2D eigenvalue weighted by Gasteiger charge is 2.26. The van der Waals surface area contributed by atoms with Gasteiger partial charge < -0.3 is 14.4 Å². The van der Waals surface area contributed by atoms with Crippen LogP contribution in [-0.2, 0) is 17.8 Å². The first-order valence-corrected chi connectivity index (χ1v) is 11.6. The van der Waals surface area contributed by atoms with Crippen LogP contribution in [-0.4, -0.2) is 15.6 Å². The summed E-state index contributed by atoms with van der Waals surface area (Å²) in [6.07, 6.45) is 8.08. The molecule has 1 N–H and O–H groups in total. The molecule has 0 spiro atoms. The van der Waals surface area contributed by atoms with Gasteiger partial charge in [0.1, 0.15) is 12.4 Å². The summed E-state index contributed by atoms with van der Waals surface area (Å²) >= 11 is 0. The first-order valence-electron chi connectivity index (χ1n) is 11.6. The zero-order valence-electron chi connectivity index (χ0n) is 18.2. The largest absolute Gasteiger partial charge is 0.489 e. The normalized spacial score (nSPS) is 18.4. The number of nitriles is 1. The predicted octanol–water partition coefficient (Wildman–Crippen LogP) is 6.10. The Morgan fingerprint density at radius 1 is 1.09 bits per heavy atom. The molecule has 5 nitrogen and oxygen atoms in total. The average molecular weight is 429 g/mol. The lowest BCUT2D eigenvalue weighted by Crippen LogP contribution is -2.09. The quantitative estimate of drug-likeness (QED) is 0.515. The highest BCUT2D eigenvalue weighted by Crippen LogP contribution is 2.37. The predicted molar refractivity (Wildman–Crippen MR) is 123 cm³/mol. The van der Waals surface area contributed by atoms with Crippen molar-refractivity contribution in [2.45, 2.75) is 69.9 Å². The highest BCUT2D eigenvalue weighted by molar-refractivity contribution is 5.83. The zero-order valence-corrected chi connectivity index (χ0v) is 18.2. The van der Waals surface area contributed by atoms with E-state index in [-0.39, 0.29) is 12.5 Å². The number of hydrogen-bond donors (Lipinski definition) is 1. The summed E-state index contributed by atoms with van der Waals surface area (Å²) in [6, 6.07) is 16.7. The second-order valence-corrected chi connectivity index (χ2v) is 9.17. The van der Waals surface area contributed by atoms with Gasteiger partial charge in [-0.2, -0.15) is 5.26 Å². The van der Waals surface area contributed by atoms with E-state index in [4.69, 9.17) is 4.74 Å². The van der Waals surface area contributed by atoms with Crippen molar-refractivity contribution < 1.29 is 14.6 Å². The first kappa shape index (κ1) is 20.6. The van der Waals surface area contributed by atoms with E-state index in [9.17, 15) is 15.2 Å². The molecule has 2 aliphatic rings. The van der Waals surface area contributed by atoms with Gasteiger partial charge in [0.15, 0.2) is 0 Å². The summed E-state index contributed by atoms with van der Waals surface area (Å²) in [5, 5.41) is 20.1. The van der Waals surface area contributed by atoms with Crippen LogP contribution < -0.4 is 4.74 Å². The summed E-state index contributed by atoms with van der Waals surface area (Å²) in [6.45, 7) is 0.400. The second-order valence-electron chi connectivity index (χ2n) is 9.17. The Labute approximate surface area is 188 Å². The zero-order chi connectivity index (χ0) is 22.1. The SMILES string of the molecule is N#Cc1cc(COc2ccc3cc4n(c3c2)C(CC(=O)O)CC4)ccc1C1CCCCC1. The fourth-order valence-corrected chi connectivity index (χ4v) is 5.54. The summed E-state index contributed by atoms with van der Waals surface area (Å²) in [5.74, 6) is 0.502. The number of carboxylic acid groups (broad SMARTS) is 1. The van der Waals surface area contributed by atoms with E-state index >= 15 is 0 Å². The van der Waals surface area contributed by atoms with Crippen molar-refractivity contribution in [3.05, 3.63) is 64.8 Å². The van der Waals surface area contributed by atoms with Crippen molar-refractivity contribution in [3.8, 4) is 11.8 Å². The lowest BCUT2D eigenvalue weighted by molar-refractivity contribution is -0.137. The average Bonchev–Trinajstić information content (AvgIpc) is 3.37. The smallest absolute Gasteiger partial charge is 0.305 e. The number of aliphatic carboxylic acids is 1. The third kappa shape index (κ3) is 3.98. The van der Waals surface area contributed by atoms with E-state index in [2.05, 4.69) is 28.8 Å². The third-order valence-corrected chi connectivity index (χ3v) is 7.09. The molecule has 32 heavy (non-hydrogen) atoms. The van der Waals surface area contributed by atoms with Crippen LogP contribution in [0.25, 0.3) is 10.9 Å². The van der Waals surface area contributed by atoms with Crippen molar-refractivity contribution in [1.82, 2.24) is 4.57 Å². The van der Waals surface area contributed by atoms with E-state index in [0.717, 1.165) is 40.6 Å². The van der Waals surface area contributed by atoms with Crippen LogP contribution in [0.1, 0.15) is 79.3 Å². The Kier molecular flexibility index (Phi) is 5.61. The van der Waals surface area contributed by atoms with Crippen LogP contribution in [0.3, 0.4) is 0 Å². The van der Waals surface area contributed by atoms with Gasteiger partial charge in [0.25, 0.3) is 0 Å². The molecule has 0 bridgehead atoms. The number of hydrogen-bond acceptors (Lipinski definition) is 3. The van der Waals surface area contributed by atoms with Gasteiger partial charge in [0.2, 0.25) is 0 Å². The minimum absolute atomic E-state index is 0.000711. The minimum Gasteiger partial charge on any atom is -0.489 e. The van der Waals surface area contributed by atoms with Crippen molar-refractivity contribution in [3.63, 3.8) is 0 Å². The molecule has 0 radical (unpaired) electrons. The number of carbonyl (C=O) groups is 1. The van der Waals surface area contributed by atoms with E-state index in [1.54, 1.807) is 0 Å². The van der Waals surface area contributed by atoms with Gasteiger partial charge in [0.05, 0.1) is 23.6 Å². The van der Waals surface area contributed by atoms with Crippen LogP contribution in [0.2, 0.25) is 0 Å². The van der Waals surface area contributed by atoms with Crippen LogP contribution >= 0.6 is 0 Å². The molecule has 0 saturated heterocycles. The molecule has 1 aromatic heterocycles. The molecule has 0 amide bonds. The molecule has 3 aromatic rings. The number of ether oxygens (including phenoxy) is 1. The number of rotatable bonds is 6. The van der Waals surface area contributed by atoms with Crippen molar-refractivity contribution in [2.24, 2.45) is 0 Å². The fraction of sp³-hybridized carbons (Fsp3) is 0.407. The van der Waals surface area contributed by atoms with Gasteiger partial charge in [-0.05, 0) is 67.0 Å². The Balaban J connectivity index is 1.34. The Hall–Kier alpha value is -3.26. The minimum atomic E-state index is -0.762. The molecule has 2 aromatic carbocycles. The van der Waals surface area contributed by atoms with Gasteiger partial charge in [0, 0.05) is 23.2 Å². The molecular formula is C27H28N2O3. The van der Waals surface area contributed by atoms with Crippen molar-refractivity contribution in [2.75, 3.05) is 0 Å².